The first kappa shape index (κ1) is 20.2. The van der Waals surface area contributed by atoms with Gasteiger partial charge in [-0.25, -0.2) is 9.59 Å². The molecule has 0 saturated heterocycles. The van der Waals surface area contributed by atoms with Gasteiger partial charge in [0.05, 0.1) is 11.3 Å². The van der Waals surface area contributed by atoms with Crippen LogP contribution in [0.25, 0.3) is 32.9 Å². The molecule has 0 aliphatic rings. The zero-order valence-corrected chi connectivity index (χ0v) is 17.2. The van der Waals surface area contributed by atoms with Crippen molar-refractivity contribution in [2.24, 2.45) is 0 Å². The molecule has 0 spiro atoms. The Morgan fingerprint density at radius 3 is 2.55 bits per heavy atom. The van der Waals surface area contributed by atoms with Gasteiger partial charge in [-0.15, -0.1) is 0 Å². The molecule has 0 aliphatic heterocycles. The van der Waals surface area contributed by atoms with E-state index in [2.05, 4.69) is 15.3 Å². The first-order valence-corrected chi connectivity index (χ1v) is 9.64. The largest absolute Gasteiger partial charge is 0.478 e. The summed E-state index contributed by atoms with van der Waals surface area (Å²) in [7, 11) is 0. The van der Waals surface area contributed by atoms with Crippen molar-refractivity contribution in [3.63, 3.8) is 0 Å². The van der Waals surface area contributed by atoms with Crippen molar-refractivity contribution in [1.29, 1.82) is 0 Å². The number of H-pyrrole nitrogens is 2. The Labute approximate surface area is 176 Å². The van der Waals surface area contributed by atoms with Gasteiger partial charge in [0.1, 0.15) is 11.1 Å². The smallest absolute Gasteiger partial charge is 0.412 e. The molecule has 0 unspecified atom stereocenters. The lowest BCUT2D eigenvalue weighted by Crippen LogP contribution is -2.27. The molecule has 2 aromatic carbocycles. The van der Waals surface area contributed by atoms with Crippen LogP contribution in [0.4, 0.5) is 10.5 Å². The topological polar surface area (TPSA) is 124 Å². The van der Waals surface area contributed by atoms with Crippen molar-refractivity contribution in [1.82, 2.24) is 9.97 Å². The van der Waals surface area contributed by atoms with Crippen molar-refractivity contribution in [2.75, 3.05) is 5.32 Å². The maximum atomic E-state index is 12.3. The molecule has 8 heteroatoms. The number of carboxylic acid groups (broad SMARTS) is 1. The van der Waals surface area contributed by atoms with E-state index in [9.17, 15) is 19.5 Å². The van der Waals surface area contributed by atoms with E-state index in [1.165, 1.54) is 6.20 Å². The van der Waals surface area contributed by atoms with Gasteiger partial charge in [-0.1, -0.05) is 24.3 Å². The lowest BCUT2D eigenvalue weighted by Gasteiger charge is -2.20. The van der Waals surface area contributed by atoms with Crippen LogP contribution in [0, 0.1) is 0 Å². The minimum absolute atomic E-state index is 0.0171. The Morgan fingerprint density at radius 1 is 1.10 bits per heavy atom. The maximum absolute atomic E-state index is 12.3. The molecule has 4 N–H and O–H groups in total. The molecular weight excluding hydrogens is 398 g/mol. The van der Waals surface area contributed by atoms with Gasteiger partial charge in [0, 0.05) is 28.0 Å². The minimum Gasteiger partial charge on any atom is -0.478 e. The number of nitrogens with one attached hydrogen (secondary N) is 3. The second kappa shape index (κ2) is 7.32. The molecule has 0 saturated carbocycles. The summed E-state index contributed by atoms with van der Waals surface area (Å²) in [5, 5.41) is 13.2. The number of hydrogen-bond donors (Lipinski definition) is 4. The van der Waals surface area contributed by atoms with Crippen LogP contribution in [0.15, 0.2) is 53.5 Å². The second-order valence-electron chi connectivity index (χ2n) is 8.14. The number of aromatic carboxylic acids is 1. The van der Waals surface area contributed by atoms with Gasteiger partial charge in [0.15, 0.2) is 0 Å². The third kappa shape index (κ3) is 3.87. The van der Waals surface area contributed by atoms with Gasteiger partial charge < -0.3 is 19.8 Å². The van der Waals surface area contributed by atoms with E-state index in [1.807, 2.05) is 12.1 Å². The van der Waals surface area contributed by atoms with Crippen LogP contribution in [0.1, 0.15) is 31.1 Å². The minimum atomic E-state index is -1.13. The number of fused-ring (bicyclic) bond motifs is 3. The van der Waals surface area contributed by atoms with Gasteiger partial charge in [0.2, 0.25) is 0 Å². The Balaban J connectivity index is 1.87. The fraction of sp³-hybridized carbons (Fsp3) is 0.174. The second-order valence-corrected chi connectivity index (χ2v) is 8.14. The fourth-order valence-electron chi connectivity index (χ4n) is 3.52. The average molecular weight is 419 g/mol. The Hall–Kier alpha value is -4.07. The monoisotopic (exact) mass is 419 g/mol. The number of amides is 1. The highest BCUT2D eigenvalue weighted by Gasteiger charge is 2.19. The van der Waals surface area contributed by atoms with Gasteiger partial charge in [-0.2, -0.15) is 0 Å². The van der Waals surface area contributed by atoms with Crippen LogP contribution in [0.3, 0.4) is 0 Å². The molecule has 31 heavy (non-hydrogen) atoms. The number of rotatable bonds is 3. The number of carbonyl (C=O) groups is 2. The van der Waals surface area contributed by atoms with Crippen molar-refractivity contribution >= 4 is 39.6 Å². The lowest BCUT2D eigenvalue weighted by molar-refractivity contribution is 0.0634. The molecule has 2 heterocycles. The van der Waals surface area contributed by atoms with Crippen LogP contribution in [0.5, 0.6) is 0 Å². The number of carbonyl (C=O) groups excluding carboxylic acids is 1. The molecule has 0 aliphatic carbocycles. The summed E-state index contributed by atoms with van der Waals surface area (Å²) in [6.45, 7) is 5.35. The van der Waals surface area contributed by atoms with E-state index in [-0.39, 0.29) is 11.1 Å². The molecular formula is C23H21N3O5. The third-order valence-corrected chi connectivity index (χ3v) is 4.75. The SMILES string of the molecule is CC(C)(C)OC(=O)Nc1ccccc1-c1ccc2[nH]c(=O)c3[nH]cc(C(=O)O)c3c2c1. The highest BCUT2D eigenvalue weighted by molar-refractivity contribution is 6.15. The summed E-state index contributed by atoms with van der Waals surface area (Å²) in [5.41, 5.74) is 1.71. The predicted octanol–water partition coefficient (Wildman–Crippen LogP) is 4.72. The van der Waals surface area contributed by atoms with Crippen molar-refractivity contribution in [3.8, 4) is 11.1 Å². The number of aromatic nitrogens is 2. The van der Waals surface area contributed by atoms with Crippen LogP contribution in [-0.2, 0) is 4.74 Å². The zero-order valence-electron chi connectivity index (χ0n) is 17.2. The van der Waals surface area contributed by atoms with Gasteiger partial charge >= 0.3 is 12.1 Å². The molecule has 158 valence electrons. The molecule has 0 fully saturated rings. The quantitative estimate of drug-likeness (QED) is 0.382. The predicted molar refractivity (Wildman–Crippen MR) is 119 cm³/mol. The fourth-order valence-corrected chi connectivity index (χ4v) is 3.52. The van der Waals surface area contributed by atoms with Crippen LogP contribution >= 0.6 is 0 Å². The summed E-state index contributed by atoms with van der Waals surface area (Å²) in [5.74, 6) is -1.13. The molecule has 0 atom stereocenters. The van der Waals surface area contributed by atoms with E-state index in [0.29, 0.717) is 22.0 Å². The van der Waals surface area contributed by atoms with Crippen LogP contribution in [0.2, 0.25) is 0 Å². The van der Waals surface area contributed by atoms with E-state index < -0.39 is 23.2 Å². The molecule has 0 radical (unpaired) electrons. The highest BCUT2D eigenvalue weighted by Crippen LogP contribution is 2.33. The number of pyridine rings is 1. The summed E-state index contributed by atoms with van der Waals surface area (Å²) in [6.07, 6.45) is 0.734. The molecule has 0 bridgehead atoms. The van der Waals surface area contributed by atoms with E-state index in [1.54, 1.807) is 51.1 Å². The van der Waals surface area contributed by atoms with Crippen molar-refractivity contribution < 1.29 is 19.4 Å². The third-order valence-electron chi connectivity index (χ3n) is 4.75. The number of para-hydroxylation sites is 1. The molecule has 4 rings (SSSR count). The van der Waals surface area contributed by atoms with Crippen LogP contribution < -0.4 is 10.9 Å². The summed E-state index contributed by atoms with van der Waals surface area (Å²) >= 11 is 0. The van der Waals surface area contributed by atoms with E-state index in [0.717, 1.165) is 11.1 Å². The highest BCUT2D eigenvalue weighted by atomic mass is 16.6. The van der Waals surface area contributed by atoms with E-state index in [4.69, 9.17) is 4.74 Å². The van der Waals surface area contributed by atoms with Crippen LogP contribution in [-0.4, -0.2) is 32.7 Å². The Bertz CT molecular complexity index is 1390. The summed E-state index contributed by atoms with van der Waals surface area (Å²) in [4.78, 5) is 41.8. The normalized spacial score (nSPS) is 11.6. The lowest BCUT2D eigenvalue weighted by atomic mass is 9.99. The molecule has 4 aromatic rings. The first-order valence-electron chi connectivity index (χ1n) is 9.64. The number of ether oxygens (including phenoxy) is 1. The van der Waals surface area contributed by atoms with Gasteiger partial charge in [-0.3, -0.25) is 10.1 Å². The maximum Gasteiger partial charge on any atom is 0.412 e. The number of aromatic amines is 2. The number of benzene rings is 2. The van der Waals surface area contributed by atoms with Gasteiger partial charge in [0.25, 0.3) is 5.56 Å². The molecule has 2 aromatic heterocycles. The zero-order chi connectivity index (χ0) is 22.3. The summed E-state index contributed by atoms with van der Waals surface area (Å²) in [6, 6.07) is 12.5. The van der Waals surface area contributed by atoms with Gasteiger partial charge in [-0.05, 0) is 44.5 Å². The number of anilines is 1. The first-order chi connectivity index (χ1) is 14.6. The average Bonchev–Trinajstić information content (AvgIpc) is 3.13. The summed E-state index contributed by atoms with van der Waals surface area (Å²) < 4.78 is 5.35. The molecule has 1 amide bonds. The Morgan fingerprint density at radius 2 is 1.84 bits per heavy atom. The number of carboxylic acids is 1. The van der Waals surface area contributed by atoms with Crippen molar-refractivity contribution in [2.45, 2.75) is 26.4 Å². The number of hydrogen-bond acceptors (Lipinski definition) is 4. The van der Waals surface area contributed by atoms with Crippen molar-refractivity contribution in [3.05, 3.63) is 64.6 Å². The van der Waals surface area contributed by atoms with E-state index >= 15 is 0 Å². The standard InChI is InChI=1S/C23H21N3O5/c1-23(2,3)31-22(30)26-16-7-5-4-6-13(16)12-8-9-17-14(10-12)18-15(21(28)29)11-24-19(18)20(27)25-17/h4-11,24H,1-3H3,(H,25,27)(H,26,30)(H,28,29). The Kier molecular flexibility index (Phi) is 4.77. The molecule has 8 nitrogen and oxygen atoms in total.